The monoisotopic (exact) mass is 507 g/mol. The normalized spacial score (nSPS) is 10.5. The number of hydrogen-bond acceptors (Lipinski definition) is 3. The lowest BCUT2D eigenvalue weighted by Crippen LogP contribution is -2.03. The Bertz CT molecular complexity index is 987. The number of hydrogen-bond donors (Lipinski definition) is 2. The number of ether oxygens (including phenoxy) is 1. The average molecular weight is 509 g/mol. The van der Waals surface area contributed by atoms with E-state index >= 15 is 0 Å². The van der Waals surface area contributed by atoms with Gasteiger partial charge in [-0.25, -0.2) is 9.18 Å². The predicted molar refractivity (Wildman–Crippen MR) is 113 cm³/mol. The Kier molecular flexibility index (Phi) is 6.70. The zero-order valence-corrected chi connectivity index (χ0v) is 17.8. The Morgan fingerprint density at radius 1 is 1.04 bits per heavy atom. The highest BCUT2D eigenvalue weighted by Crippen LogP contribution is 2.35. The molecule has 0 saturated carbocycles. The maximum atomic E-state index is 13.7. The maximum Gasteiger partial charge on any atom is 0.335 e. The van der Waals surface area contributed by atoms with Gasteiger partial charge < -0.3 is 15.2 Å². The molecule has 0 aromatic heterocycles. The maximum absolute atomic E-state index is 13.7. The molecule has 2 N–H and O–H groups in total. The summed E-state index contributed by atoms with van der Waals surface area (Å²) in [5, 5.41) is 12.3. The summed E-state index contributed by atoms with van der Waals surface area (Å²) in [4.78, 5) is 11.1. The fraction of sp³-hybridized carbons (Fsp3) is 0.0952. The number of rotatable bonds is 7. The van der Waals surface area contributed by atoms with Gasteiger partial charge in [0.25, 0.3) is 0 Å². The summed E-state index contributed by atoms with van der Waals surface area (Å²) in [7, 11) is 0. The van der Waals surface area contributed by atoms with E-state index in [1.807, 2.05) is 18.2 Å². The molecule has 3 rings (SSSR count). The van der Waals surface area contributed by atoms with Gasteiger partial charge in [0.15, 0.2) is 0 Å². The van der Waals surface area contributed by atoms with Crippen molar-refractivity contribution in [2.45, 2.75) is 13.2 Å². The summed E-state index contributed by atoms with van der Waals surface area (Å²) >= 11 is 6.99. The fourth-order valence-corrected chi connectivity index (χ4v) is 4.09. The summed E-state index contributed by atoms with van der Waals surface area (Å²) in [5.41, 5.74) is 2.37. The van der Waals surface area contributed by atoms with Crippen molar-refractivity contribution in [2.24, 2.45) is 0 Å². The van der Waals surface area contributed by atoms with Gasteiger partial charge in [0.05, 0.1) is 14.5 Å². The third-order valence-electron chi connectivity index (χ3n) is 3.99. The Labute approximate surface area is 178 Å². The molecule has 0 unspecified atom stereocenters. The molecule has 0 aliphatic carbocycles. The van der Waals surface area contributed by atoms with Crippen LogP contribution in [-0.4, -0.2) is 11.1 Å². The van der Waals surface area contributed by atoms with Gasteiger partial charge >= 0.3 is 5.97 Å². The Morgan fingerprint density at radius 3 is 2.43 bits per heavy atom. The molecule has 7 heteroatoms. The molecule has 3 aromatic rings. The minimum Gasteiger partial charge on any atom is -0.486 e. The molecule has 144 valence electrons. The Hall–Kier alpha value is -2.38. The standard InChI is InChI=1S/C21H16Br2FNO3/c22-17-8-13(11-25-16-6-3-5-14(10-16)21(26)27)9-18(23)20(17)28-12-15-4-1-2-7-19(15)24/h1-10,25H,11-12H2,(H,26,27). The van der Waals surface area contributed by atoms with Crippen molar-refractivity contribution in [2.75, 3.05) is 5.32 Å². The molecular weight excluding hydrogens is 493 g/mol. The molecule has 0 aliphatic heterocycles. The van der Waals surface area contributed by atoms with Crippen LogP contribution < -0.4 is 10.1 Å². The first kappa shape index (κ1) is 20.4. The number of carboxylic acids is 1. The van der Waals surface area contributed by atoms with Gasteiger partial charge in [-0.3, -0.25) is 0 Å². The van der Waals surface area contributed by atoms with Gasteiger partial charge in [0, 0.05) is 17.8 Å². The van der Waals surface area contributed by atoms with E-state index in [4.69, 9.17) is 9.84 Å². The van der Waals surface area contributed by atoms with E-state index in [0.717, 1.165) is 14.5 Å². The van der Waals surface area contributed by atoms with Gasteiger partial charge in [-0.15, -0.1) is 0 Å². The fourth-order valence-electron chi connectivity index (χ4n) is 2.58. The molecule has 0 saturated heterocycles. The molecule has 0 radical (unpaired) electrons. The molecule has 3 aromatic carbocycles. The second-order valence-electron chi connectivity index (χ2n) is 6.01. The summed E-state index contributed by atoms with van der Waals surface area (Å²) in [5.74, 6) is -0.690. The van der Waals surface area contributed by atoms with Crippen molar-refractivity contribution < 1.29 is 19.0 Å². The number of halogens is 3. The van der Waals surface area contributed by atoms with E-state index in [9.17, 15) is 9.18 Å². The third-order valence-corrected chi connectivity index (χ3v) is 5.17. The molecule has 0 fully saturated rings. The van der Waals surface area contributed by atoms with E-state index in [1.165, 1.54) is 6.07 Å². The second-order valence-corrected chi connectivity index (χ2v) is 7.72. The van der Waals surface area contributed by atoms with E-state index < -0.39 is 5.97 Å². The van der Waals surface area contributed by atoms with Crippen molar-refractivity contribution in [3.8, 4) is 5.75 Å². The molecule has 0 spiro atoms. The number of carbonyl (C=O) groups is 1. The minimum absolute atomic E-state index is 0.115. The highest BCUT2D eigenvalue weighted by Gasteiger charge is 2.11. The van der Waals surface area contributed by atoms with Crippen molar-refractivity contribution in [1.29, 1.82) is 0 Å². The quantitative estimate of drug-likeness (QED) is 0.396. The van der Waals surface area contributed by atoms with Crippen molar-refractivity contribution in [3.63, 3.8) is 0 Å². The summed E-state index contributed by atoms with van der Waals surface area (Å²) in [6, 6.07) is 16.9. The average Bonchev–Trinajstić information content (AvgIpc) is 2.67. The zero-order chi connectivity index (χ0) is 20.1. The van der Waals surface area contributed by atoms with Gasteiger partial charge in [-0.05, 0) is 73.8 Å². The predicted octanol–water partition coefficient (Wildman–Crippen LogP) is 6.24. The third kappa shape index (κ3) is 5.11. The second kappa shape index (κ2) is 9.21. The van der Waals surface area contributed by atoms with Crippen LogP contribution in [0.2, 0.25) is 0 Å². The molecular formula is C21H16Br2FNO3. The molecule has 28 heavy (non-hydrogen) atoms. The van der Waals surface area contributed by atoms with E-state index in [-0.39, 0.29) is 18.0 Å². The highest BCUT2D eigenvalue weighted by molar-refractivity contribution is 9.11. The van der Waals surface area contributed by atoms with Gasteiger partial charge in [-0.1, -0.05) is 24.3 Å². The van der Waals surface area contributed by atoms with Gasteiger partial charge in [0.1, 0.15) is 18.2 Å². The van der Waals surface area contributed by atoms with Crippen LogP contribution >= 0.6 is 31.9 Å². The van der Waals surface area contributed by atoms with Crippen molar-refractivity contribution >= 4 is 43.5 Å². The van der Waals surface area contributed by atoms with E-state index in [0.29, 0.717) is 23.5 Å². The van der Waals surface area contributed by atoms with Crippen LogP contribution in [0.5, 0.6) is 5.75 Å². The molecule has 4 nitrogen and oxygen atoms in total. The van der Waals surface area contributed by atoms with Crippen LogP contribution in [-0.2, 0) is 13.2 Å². The zero-order valence-electron chi connectivity index (χ0n) is 14.6. The summed E-state index contributed by atoms with van der Waals surface area (Å²) in [6.45, 7) is 0.608. The largest absolute Gasteiger partial charge is 0.486 e. The first-order chi connectivity index (χ1) is 13.4. The van der Waals surface area contributed by atoms with Crippen LogP contribution in [0.1, 0.15) is 21.5 Å². The lowest BCUT2D eigenvalue weighted by atomic mass is 10.2. The SMILES string of the molecule is O=C(O)c1cccc(NCc2cc(Br)c(OCc3ccccc3F)c(Br)c2)c1. The van der Waals surface area contributed by atoms with E-state index in [2.05, 4.69) is 37.2 Å². The van der Waals surface area contributed by atoms with Crippen molar-refractivity contribution in [3.05, 3.63) is 92.1 Å². The summed E-state index contributed by atoms with van der Waals surface area (Å²) in [6.07, 6.45) is 0. The van der Waals surface area contributed by atoms with Gasteiger partial charge in [-0.2, -0.15) is 0 Å². The topological polar surface area (TPSA) is 58.6 Å². The number of carboxylic acid groups (broad SMARTS) is 1. The number of aromatic carboxylic acids is 1. The van der Waals surface area contributed by atoms with Crippen LogP contribution in [0, 0.1) is 5.82 Å². The molecule has 0 atom stereocenters. The molecule has 0 aliphatic rings. The lowest BCUT2D eigenvalue weighted by Gasteiger charge is -2.14. The van der Waals surface area contributed by atoms with Crippen LogP contribution in [0.3, 0.4) is 0 Å². The number of nitrogens with one attached hydrogen (secondary N) is 1. The van der Waals surface area contributed by atoms with E-state index in [1.54, 1.807) is 36.4 Å². The Morgan fingerprint density at radius 2 is 1.75 bits per heavy atom. The molecule has 0 amide bonds. The number of benzene rings is 3. The highest BCUT2D eigenvalue weighted by atomic mass is 79.9. The smallest absolute Gasteiger partial charge is 0.335 e. The van der Waals surface area contributed by atoms with Crippen LogP contribution in [0.25, 0.3) is 0 Å². The van der Waals surface area contributed by atoms with Crippen LogP contribution in [0.15, 0.2) is 69.6 Å². The summed E-state index contributed by atoms with van der Waals surface area (Å²) < 4.78 is 21.0. The van der Waals surface area contributed by atoms with Crippen molar-refractivity contribution in [1.82, 2.24) is 0 Å². The minimum atomic E-state index is -0.967. The molecule has 0 bridgehead atoms. The van der Waals surface area contributed by atoms with Crippen LogP contribution in [0.4, 0.5) is 10.1 Å². The lowest BCUT2D eigenvalue weighted by molar-refractivity contribution is 0.0697. The first-order valence-electron chi connectivity index (χ1n) is 8.35. The van der Waals surface area contributed by atoms with Gasteiger partial charge in [0.2, 0.25) is 0 Å². The molecule has 0 heterocycles. The number of anilines is 1. The Balaban J connectivity index is 1.68. The first-order valence-corrected chi connectivity index (χ1v) is 9.94.